The van der Waals surface area contributed by atoms with E-state index in [9.17, 15) is 9.59 Å². The Morgan fingerprint density at radius 1 is 1.18 bits per heavy atom. The number of amides is 1. The molecule has 0 atom stereocenters. The topological polar surface area (TPSA) is 69.9 Å². The minimum absolute atomic E-state index is 0.160. The number of esters is 1. The van der Waals surface area contributed by atoms with E-state index < -0.39 is 0 Å². The van der Waals surface area contributed by atoms with Crippen LogP contribution in [0, 0.1) is 6.92 Å². The number of aromatic nitrogens is 1. The van der Waals surface area contributed by atoms with Gasteiger partial charge in [0.05, 0.1) is 35.9 Å². The number of carbonyl (C=O) groups excluding carboxylic acids is 2. The van der Waals surface area contributed by atoms with Crippen molar-refractivity contribution in [3.8, 4) is 5.75 Å². The number of fused-ring (bicyclic) bond motifs is 1. The fraction of sp³-hybridized carbons (Fsp3) is 0.286. The largest absolute Gasteiger partial charge is 0.496 e. The Morgan fingerprint density at radius 2 is 1.96 bits per heavy atom. The minimum atomic E-state index is -0.360. The van der Waals surface area contributed by atoms with Gasteiger partial charge in [-0.25, -0.2) is 4.79 Å². The molecule has 0 aliphatic carbocycles. The van der Waals surface area contributed by atoms with Gasteiger partial charge in [0.25, 0.3) is 5.91 Å². The zero-order chi connectivity index (χ0) is 20.3. The number of methoxy groups -OCH3 is 1. The first-order valence-electron chi connectivity index (χ1n) is 8.90. The van der Waals surface area contributed by atoms with Gasteiger partial charge in [-0.15, -0.1) is 0 Å². The fourth-order valence-corrected chi connectivity index (χ4v) is 4.01. The van der Waals surface area contributed by atoms with Crippen LogP contribution in [0.1, 0.15) is 28.4 Å². The molecule has 0 radical (unpaired) electrons. The Balaban J connectivity index is 1.93. The second kappa shape index (κ2) is 8.39. The van der Waals surface area contributed by atoms with Crippen LogP contribution in [0.3, 0.4) is 0 Å². The molecule has 0 aliphatic heterocycles. The average Bonchev–Trinajstić information content (AvgIpc) is 2.97. The number of ether oxygens (including phenoxy) is 2. The lowest BCUT2D eigenvalue weighted by molar-refractivity contribution is -0.117. The van der Waals surface area contributed by atoms with E-state index in [-0.39, 0.29) is 18.3 Å². The Labute approximate surface area is 167 Å². The van der Waals surface area contributed by atoms with Crippen LogP contribution in [-0.2, 0) is 23.0 Å². The summed E-state index contributed by atoms with van der Waals surface area (Å²) in [6.07, 6.45) is 0.160. The van der Waals surface area contributed by atoms with Gasteiger partial charge in [-0.05, 0) is 38.1 Å². The van der Waals surface area contributed by atoms with Crippen molar-refractivity contribution in [1.29, 1.82) is 0 Å². The van der Waals surface area contributed by atoms with Crippen molar-refractivity contribution >= 4 is 33.4 Å². The van der Waals surface area contributed by atoms with Crippen LogP contribution < -0.4 is 9.54 Å². The SMILES string of the molecule is CCOC(=O)c1ccc2c(c1)sc(=NC(=O)Cc1cc(C)ccc1OC)n2C. The van der Waals surface area contributed by atoms with E-state index in [2.05, 4.69) is 4.99 Å². The first kappa shape index (κ1) is 19.8. The minimum Gasteiger partial charge on any atom is -0.496 e. The maximum atomic E-state index is 12.5. The maximum absolute atomic E-state index is 12.5. The van der Waals surface area contributed by atoms with Crippen molar-refractivity contribution in [3.63, 3.8) is 0 Å². The molecule has 1 heterocycles. The van der Waals surface area contributed by atoms with Gasteiger partial charge in [0.1, 0.15) is 5.75 Å². The van der Waals surface area contributed by atoms with E-state index in [1.54, 1.807) is 26.2 Å². The van der Waals surface area contributed by atoms with Crippen LogP contribution in [0.4, 0.5) is 0 Å². The molecular formula is C21H22N2O4S. The van der Waals surface area contributed by atoms with Gasteiger partial charge in [0.15, 0.2) is 4.80 Å². The predicted molar refractivity (Wildman–Crippen MR) is 109 cm³/mol. The quantitative estimate of drug-likeness (QED) is 0.618. The van der Waals surface area contributed by atoms with E-state index in [0.717, 1.165) is 21.3 Å². The molecule has 0 fully saturated rings. The molecule has 0 spiro atoms. The predicted octanol–water partition coefficient (Wildman–Crippen LogP) is 3.40. The molecule has 0 N–H and O–H groups in total. The molecule has 0 unspecified atom stereocenters. The molecule has 7 heteroatoms. The van der Waals surface area contributed by atoms with E-state index in [1.165, 1.54) is 11.3 Å². The number of hydrogen-bond donors (Lipinski definition) is 0. The van der Waals surface area contributed by atoms with Crippen molar-refractivity contribution in [2.75, 3.05) is 13.7 Å². The van der Waals surface area contributed by atoms with Crippen LogP contribution in [0.15, 0.2) is 41.4 Å². The maximum Gasteiger partial charge on any atom is 0.338 e. The summed E-state index contributed by atoms with van der Waals surface area (Å²) >= 11 is 1.36. The van der Waals surface area contributed by atoms with Crippen molar-refractivity contribution < 1.29 is 19.1 Å². The summed E-state index contributed by atoms with van der Waals surface area (Å²) in [5.41, 5.74) is 3.25. The third kappa shape index (κ3) is 4.14. The molecule has 2 aromatic carbocycles. The van der Waals surface area contributed by atoms with Gasteiger partial charge >= 0.3 is 5.97 Å². The first-order chi connectivity index (χ1) is 13.4. The highest BCUT2D eigenvalue weighted by Crippen LogP contribution is 2.21. The summed E-state index contributed by atoms with van der Waals surface area (Å²) < 4.78 is 13.1. The van der Waals surface area contributed by atoms with Crippen molar-refractivity contribution in [2.24, 2.45) is 12.0 Å². The molecule has 1 aromatic heterocycles. The third-order valence-electron chi connectivity index (χ3n) is 4.32. The van der Waals surface area contributed by atoms with Crippen molar-refractivity contribution in [1.82, 2.24) is 4.57 Å². The molecule has 146 valence electrons. The highest BCUT2D eigenvalue weighted by molar-refractivity contribution is 7.16. The monoisotopic (exact) mass is 398 g/mol. The zero-order valence-corrected chi connectivity index (χ0v) is 17.1. The highest BCUT2D eigenvalue weighted by Gasteiger charge is 2.12. The molecule has 0 saturated heterocycles. The molecule has 28 heavy (non-hydrogen) atoms. The van der Waals surface area contributed by atoms with Gasteiger partial charge < -0.3 is 14.0 Å². The number of benzene rings is 2. The van der Waals surface area contributed by atoms with Crippen molar-refractivity contribution in [3.05, 3.63) is 57.9 Å². The number of nitrogens with zero attached hydrogens (tertiary/aromatic N) is 2. The molecule has 6 nitrogen and oxygen atoms in total. The summed E-state index contributed by atoms with van der Waals surface area (Å²) in [5.74, 6) is 0.0622. The molecule has 3 rings (SSSR count). The van der Waals surface area contributed by atoms with Gasteiger partial charge in [-0.3, -0.25) is 4.79 Å². The Kier molecular flexibility index (Phi) is 5.94. The molecule has 1 amide bonds. The van der Waals surface area contributed by atoms with Gasteiger partial charge in [-0.2, -0.15) is 4.99 Å². The molecule has 3 aromatic rings. The molecule has 0 aliphatic rings. The lowest BCUT2D eigenvalue weighted by Crippen LogP contribution is -2.14. The summed E-state index contributed by atoms with van der Waals surface area (Å²) in [6.45, 7) is 4.07. The Hall–Kier alpha value is -2.93. The summed E-state index contributed by atoms with van der Waals surface area (Å²) in [4.78, 5) is 29.3. The van der Waals surface area contributed by atoms with Crippen LogP contribution >= 0.6 is 11.3 Å². The molecular weight excluding hydrogens is 376 g/mol. The van der Waals surface area contributed by atoms with Gasteiger partial charge in [0, 0.05) is 12.6 Å². The summed E-state index contributed by atoms with van der Waals surface area (Å²) in [7, 11) is 3.44. The number of rotatable bonds is 5. The number of aryl methyl sites for hydroxylation is 2. The number of hydrogen-bond acceptors (Lipinski definition) is 5. The number of thiazole rings is 1. The van der Waals surface area contributed by atoms with E-state index >= 15 is 0 Å². The lowest BCUT2D eigenvalue weighted by atomic mass is 10.1. The lowest BCUT2D eigenvalue weighted by Gasteiger charge is -2.07. The second-order valence-electron chi connectivity index (χ2n) is 6.34. The molecule has 0 saturated carbocycles. The Bertz CT molecular complexity index is 1110. The average molecular weight is 398 g/mol. The highest BCUT2D eigenvalue weighted by atomic mass is 32.1. The van der Waals surface area contributed by atoms with Crippen LogP contribution in [0.2, 0.25) is 0 Å². The normalized spacial score (nSPS) is 11.6. The first-order valence-corrected chi connectivity index (χ1v) is 9.72. The van der Waals surface area contributed by atoms with Crippen LogP contribution in [0.25, 0.3) is 10.2 Å². The van der Waals surface area contributed by atoms with E-state index in [0.29, 0.717) is 22.7 Å². The van der Waals surface area contributed by atoms with E-state index in [1.807, 2.05) is 42.8 Å². The van der Waals surface area contributed by atoms with Crippen LogP contribution in [0.5, 0.6) is 5.75 Å². The van der Waals surface area contributed by atoms with E-state index in [4.69, 9.17) is 9.47 Å². The van der Waals surface area contributed by atoms with Gasteiger partial charge in [-0.1, -0.05) is 29.0 Å². The second-order valence-corrected chi connectivity index (χ2v) is 7.35. The Morgan fingerprint density at radius 3 is 2.68 bits per heavy atom. The molecule has 0 bridgehead atoms. The fourth-order valence-electron chi connectivity index (χ4n) is 2.94. The van der Waals surface area contributed by atoms with Crippen molar-refractivity contribution in [2.45, 2.75) is 20.3 Å². The van der Waals surface area contributed by atoms with Crippen LogP contribution in [-0.4, -0.2) is 30.2 Å². The van der Waals surface area contributed by atoms with Gasteiger partial charge in [0.2, 0.25) is 0 Å². The standard InChI is InChI=1S/C21H22N2O4S/c1-5-27-20(25)14-7-8-16-18(11-14)28-21(23(16)3)22-19(24)12-15-10-13(2)6-9-17(15)26-4/h6-11H,5,12H2,1-4H3. The zero-order valence-electron chi connectivity index (χ0n) is 16.3. The third-order valence-corrected chi connectivity index (χ3v) is 5.41. The number of carbonyl (C=O) groups is 2. The summed E-state index contributed by atoms with van der Waals surface area (Å²) in [5, 5.41) is 0. The summed E-state index contributed by atoms with van der Waals surface area (Å²) in [6, 6.07) is 11.1. The smallest absolute Gasteiger partial charge is 0.338 e.